The summed E-state index contributed by atoms with van der Waals surface area (Å²) in [7, 11) is 1.64. The van der Waals surface area contributed by atoms with Crippen LogP contribution >= 0.6 is 27.3 Å². The van der Waals surface area contributed by atoms with Gasteiger partial charge in [-0.25, -0.2) is 4.98 Å². The van der Waals surface area contributed by atoms with Crippen molar-refractivity contribution in [1.82, 2.24) is 10.3 Å². The molecule has 0 aromatic carbocycles. The topological polar surface area (TPSA) is 63.2 Å². The second kappa shape index (κ2) is 6.10. The van der Waals surface area contributed by atoms with Crippen molar-refractivity contribution < 1.29 is 9.53 Å². The largest absolute Gasteiger partial charge is 0.384 e. The molecule has 0 radical (unpaired) electrons. The van der Waals surface area contributed by atoms with Crippen molar-refractivity contribution in [1.29, 1.82) is 0 Å². The zero-order valence-corrected chi connectivity index (χ0v) is 12.6. The van der Waals surface area contributed by atoms with Crippen LogP contribution in [0, 0.1) is 5.41 Å². The molecule has 1 amide bonds. The number of carbonyl (C=O) groups is 1. The lowest BCUT2D eigenvalue weighted by Gasteiger charge is -2.35. The molecule has 1 aromatic heterocycles. The van der Waals surface area contributed by atoms with Gasteiger partial charge in [-0.2, -0.15) is 0 Å². The van der Waals surface area contributed by atoms with Crippen molar-refractivity contribution in [2.24, 2.45) is 5.41 Å². The molecule has 100 valence electrons. The van der Waals surface area contributed by atoms with E-state index in [1.54, 1.807) is 13.3 Å². The highest BCUT2D eigenvalue weighted by Gasteiger charge is 2.39. The summed E-state index contributed by atoms with van der Waals surface area (Å²) in [5.74, 6) is 0.00713. The van der Waals surface area contributed by atoms with Gasteiger partial charge in [0, 0.05) is 7.11 Å². The Morgan fingerprint density at radius 2 is 2.39 bits per heavy atom. The van der Waals surface area contributed by atoms with E-state index in [9.17, 15) is 4.79 Å². The van der Waals surface area contributed by atoms with Crippen molar-refractivity contribution in [3.8, 4) is 0 Å². The van der Waals surface area contributed by atoms with Crippen molar-refractivity contribution in [3.05, 3.63) is 9.98 Å². The lowest BCUT2D eigenvalue weighted by Crippen LogP contribution is -2.47. The molecule has 0 saturated carbocycles. The molecule has 1 aliphatic heterocycles. The number of aromatic nitrogens is 1. The zero-order valence-electron chi connectivity index (χ0n) is 10.2. The van der Waals surface area contributed by atoms with Crippen LogP contribution in [0.15, 0.2) is 9.98 Å². The molecule has 2 N–H and O–H groups in total. The van der Waals surface area contributed by atoms with Gasteiger partial charge in [0.2, 0.25) is 5.91 Å². The Morgan fingerprint density at radius 1 is 1.67 bits per heavy atom. The predicted octanol–water partition coefficient (Wildman–Crippen LogP) is 1.86. The summed E-state index contributed by atoms with van der Waals surface area (Å²) in [4.78, 5) is 16.5. The minimum atomic E-state index is -0.432. The second-order valence-corrected chi connectivity index (χ2v) is 6.80. The minimum Gasteiger partial charge on any atom is -0.384 e. The van der Waals surface area contributed by atoms with Crippen molar-refractivity contribution in [2.45, 2.75) is 12.8 Å². The van der Waals surface area contributed by atoms with Crippen LogP contribution in [-0.2, 0) is 9.53 Å². The number of nitrogens with one attached hydrogen (secondary N) is 2. The van der Waals surface area contributed by atoms with E-state index < -0.39 is 5.41 Å². The van der Waals surface area contributed by atoms with Gasteiger partial charge in [-0.3, -0.25) is 4.79 Å². The van der Waals surface area contributed by atoms with E-state index in [4.69, 9.17) is 4.74 Å². The third-order valence-corrected chi connectivity index (χ3v) is 4.55. The molecule has 18 heavy (non-hydrogen) atoms. The quantitative estimate of drug-likeness (QED) is 0.882. The van der Waals surface area contributed by atoms with E-state index in [1.807, 2.05) is 0 Å². The van der Waals surface area contributed by atoms with Crippen LogP contribution < -0.4 is 10.6 Å². The van der Waals surface area contributed by atoms with Gasteiger partial charge in [0.15, 0.2) is 5.13 Å². The van der Waals surface area contributed by atoms with Gasteiger partial charge in [-0.05, 0) is 41.9 Å². The molecule has 1 aromatic rings. The summed E-state index contributed by atoms with van der Waals surface area (Å²) < 4.78 is 6.14. The minimum absolute atomic E-state index is 0.00713. The lowest BCUT2D eigenvalue weighted by molar-refractivity contribution is -0.130. The number of nitrogens with zero attached hydrogens (tertiary/aromatic N) is 1. The molecule has 1 aliphatic rings. The van der Waals surface area contributed by atoms with Crippen molar-refractivity contribution in [3.63, 3.8) is 0 Å². The van der Waals surface area contributed by atoms with Crippen LogP contribution in [0.4, 0.5) is 5.13 Å². The molecule has 1 saturated heterocycles. The number of anilines is 1. The number of carbonyl (C=O) groups excluding carboxylic acids is 1. The molecular weight excluding hydrogens is 318 g/mol. The molecule has 0 atom stereocenters. The predicted molar refractivity (Wildman–Crippen MR) is 74.9 cm³/mol. The fraction of sp³-hybridized carbons (Fsp3) is 0.636. The first-order chi connectivity index (χ1) is 8.66. The van der Waals surface area contributed by atoms with Crippen LogP contribution in [0.25, 0.3) is 0 Å². The summed E-state index contributed by atoms with van der Waals surface area (Å²) in [5, 5.41) is 6.78. The molecule has 2 rings (SSSR count). The number of methoxy groups -OCH3 is 1. The van der Waals surface area contributed by atoms with Gasteiger partial charge in [0.1, 0.15) is 0 Å². The fourth-order valence-electron chi connectivity index (χ4n) is 2.16. The van der Waals surface area contributed by atoms with Crippen molar-refractivity contribution >= 4 is 38.3 Å². The molecule has 5 nitrogen and oxygen atoms in total. The number of rotatable bonds is 4. The van der Waals surface area contributed by atoms with Gasteiger partial charge in [0.25, 0.3) is 0 Å². The summed E-state index contributed by atoms with van der Waals surface area (Å²) in [6.07, 6.45) is 3.27. The van der Waals surface area contributed by atoms with Gasteiger partial charge in [0.05, 0.1) is 22.0 Å². The summed E-state index contributed by atoms with van der Waals surface area (Å²) >= 11 is 4.75. The van der Waals surface area contributed by atoms with E-state index in [0.29, 0.717) is 11.7 Å². The molecule has 0 aliphatic carbocycles. The smallest absolute Gasteiger partial charge is 0.234 e. The molecule has 0 unspecified atom stereocenters. The molecule has 0 bridgehead atoms. The third-order valence-electron chi connectivity index (χ3n) is 3.16. The highest BCUT2D eigenvalue weighted by molar-refractivity contribution is 9.11. The molecule has 0 spiro atoms. The average molecular weight is 334 g/mol. The lowest BCUT2D eigenvalue weighted by atomic mass is 9.79. The van der Waals surface area contributed by atoms with E-state index >= 15 is 0 Å². The average Bonchev–Trinajstić information content (AvgIpc) is 2.76. The Morgan fingerprint density at radius 3 is 2.94 bits per heavy atom. The van der Waals surface area contributed by atoms with E-state index in [2.05, 4.69) is 31.5 Å². The number of thiazole rings is 1. The van der Waals surface area contributed by atoms with Crippen LogP contribution in [-0.4, -0.2) is 37.7 Å². The highest BCUT2D eigenvalue weighted by atomic mass is 79.9. The summed E-state index contributed by atoms with van der Waals surface area (Å²) in [6.45, 7) is 2.14. The molecule has 7 heteroatoms. The van der Waals surface area contributed by atoms with E-state index in [1.165, 1.54) is 11.3 Å². The zero-order chi connectivity index (χ0) is 13.0. The van der Waals surface area contributed by atoms with E-state index in [-0.39, 0.29) is 5.91 Å². The Bertz CT molecular complexity index is 413. The molecule has 2 heterocycles. The number of hydrogen-bond donors (Lipinski definition) is 2. The number of hydrogen-bond acceptors (Lipinski definition) is 5. The number of halogens is 1. The van der Waals surface area contributed by atoms with Gasteiger partial charge >= 0.3 is 0 Å². The number of piperidine rings is 1. The maximum absolute atomic E-state index is 12.4. The molecular formula is C11H16BrN3O2S. The standard InChI is InChI=1S/C11H16BrN3O2S/c1-17-7-11(2-4-13-5-3-11)9(16)15-10-14-6-8(12)18-10/h6,13H,2-5,7H2,1H3,(H,14,15,16). The Hall–Kier alpha value is -0.500. The first-order valence-electron chi connectivity index (χ1n) is 5.79. The second-order valence-electron chi connectivity index (χ2n) is 4.39. The van der Waals surface area contributed by atoms with Crippen LogP contribution in [0.2, 0.25) is 0 Å². The number of ether oxygens (including phenoxy) is 1. The summed E-state index contributed by atoms with van der Waals surface area (Å²) in [6, 6.07) is 0. The first kappa shape index (κ1) is 13.9. The fourth-order valence-corrected chi connectivity index (χ4v) is 3.26. The van der Waals surface area contributed by atoms with Crippen molar-refractivity contribution in [2.75, 3.05) is 32.1 Å². The van der Waals surface area contributed by atoms with Crippen LogP contribution in [0.3, 0.4) is 0 Å². The van der Waals surface area contributed by atoms with Crippen LogP contribution in [0.1, 0.15) is 12.8 Å². The van der Waals surface area contributed by atoms with Gasteiger partial charge in [-0.1, -0.05) is 11.3 Å². The van der Waals surface area contributed by atoms with Crippen LogP contribution in [0.5, 0.6) is 0 Å². The Labute approximate surface area is 118 Å². The van der Waals surface area contributed by atoms with Gasteiger partial charge < -0.3 is 15.4 Å². The maximum Gasteiger partial charge on any atom is 0.234 e. The first-order valence-corrected chi connectivity index (χ1v) is 7.40. The Kier molecular flexibility index (Phi) is 4.71. The number of amides is 1. The normalized spacial score (nSPS) is 18.6. The monoisotopic (exact) mass is 333 g/mol. The Balaban J connectivity index is 2.08. The third kappa shape index (κ3) is 3.09. The van der Waals surface area contributed by atoms with E-state index in [0.717, 1.165) is 29.7 Å². The highest BCUT2D eigenvalue weighted by Crippen LogP contribution is 2.32. The maximum atomic E-state index is 12.4. The molecule has 1 fully saturated rings. The van der Waals surface area contributed by atoms with Gasteiger partial charge in [-0.15, -0.1) is 0 Å². The summed E-state index contributed by atoms with van der Waals surface area (Å²) in [5.41, 5.74) is -0.432. The SMILES string of the molecule is COCC1(C(=O)Nc2ncc(Br)s2)CCNCC1.